The number of carbonyl (C=O) groups is 1. The molecule has 1 amide bonds. The number of rotatable bonds is 8. The summed E-state index contributed by atoms with van der Waals surface area (Å²) in [5, 5.41) is 2.74. The summed E-state index contributed by atoms with van der Waals surface area (Å²) >= 11 is 0. The monoisotopic (exact) mass is 529 g/mol. The van der Waals surface area contributed by atoms with Gasteiger partial charge in [-0.3, -0.25) is 4.79 Å². The fraction of sp³-hybridized carbons (Fsp3) is 0.240. The summed E-state index contributed by atoms with van der Waals surface area (Å²) in [7, 11) is -8.03. The zero-order valence-corrected chi connectivity index (χ0v) is 21.3. The number of anilines is 1. The van der Waals surface area contributed by atoms with Gasteiger partial charge in [-0.2, -0.15) is 8.61 Å². The summed E-state index contributed by atoms with van der Waals surface area (Å²) in [5.74, 6) is -0.231. The van der Waals surface area contributed by atoms with Gasteiger partial charge in [-0.15, -0.1) is 0 Å². The van der Waals surface area contributed by atoms with E-state index in [0.717, 1.165) is 8.61 Å². The average Bonchev–Trinajstić information content (AvgIpc) is 2.90. The van der Waals surface area contributed by atoms with Crippen LogP contribution in [0.3, 0.4) is 0 Å². The Balaban J connectivity index is 1.69. The summed E-state index contributed by atoms with van der Waals surface area (Å²) in [6, 6.07) is 21.1. The van der Waals surface area contributed by atoms with Crippen molar-refractivity contribution in [3.8, 4) is 5.75 Å². The fourth-order valence-electron chi connectivity index (χ4n) is 4.00. The molecule has 0 radical (unpaired) electrons. The Morgan fingerprint density at radius 1 is 0.833 bits per heavy atom. The van der Waals surface area contributed by atoms with Crippen molar-refractivity contribution in [1.82, 2.24) is 8.61 Å². The highest BCUT2D eigenvalue weighted by molar-refractivity contribution is 7.89. The summed E-state index contributed by atoms with van der Waals surface area (Å²) in [4.78, 5) is 13.6. The van der Waals surface area contributed by atoms with E-state index in [1.165, 1.54) is 24.3 Å². The third-order valence-corrected chi connectivity index (χ3v) is 9.57. The fourth-order valence-corrected chi connectivity index (χ4v) is 7.05. The predicted octanol–water partition coefficient (Wildman–Crippen LogP) is 2.79. The highest BCUT2D eigenvalue weighted by Crippen LogP contribution is 2.28. The number of para-hydroxylation sites is 2. The molecule has 1 aliphatic rings. The van der Waals surface area contributed by atoms with Gasteiger partial charge in [-0.25, -0.2) is 16.8 Å². The van der Waals surface area contributed by atoms with Gasteiger partial charge in [0.1, 0.15) is 11.8 Å². The van der Waals surface area contributed by atoms with Crippen LogP contribution in [0.2, 0.25) is 0 Å². The standard InChI is InChI=1S/C25H27N3O6S2/c1-2-34-24-16-10-9-15-22(24)26-25(29)23-19-27(35(30,31)20-11-5-3-6-12-20)17-18-28(23)36(32,33)21-13-7-4-8-14-21/h3-16,23H,2,17-19H2,1H3,(H,26,29)/t23-/m1/s1. The van der Waals surface area contributed by atoms with Crippen LogP contribution >= 0.6 is 0 Å². The molecular weight excluding hydrogens is 502 g/mol. The van der Waals surface area contributed by atoms with Gasteiger partial charge in [0.15, 0.2) is 0 Å². The Hall–Kier alpha value is -3.25. The van der Waals surface area contributed by atoms with Crippen molar-refractivity contribution < 1.29 is 26.4 Å². The quantitative estimate of drug-likeness (QED) is 0.480. The van der Waals surface area contributed by atoms with Gasteiger partial charge in [-0.1, -0.05) is 48.5 Å². The van der Waals surface area contributed by atoms with Gasteiger partial charge in [0.25, 0.3) is 0 Å². The van der Waals surface area contributed by atoms with E-state index in [2.05, 4.69) is 5.32 Å². The van der Waals surface area contributed by atoms with E-state index in [1.54, 1.807) is 67.6 Å². The molecule has 1 heterocycles. The van der Waals surface area contributed by atoms with Crippen molar-refractivity contribution >= 4 is 31.6 Å². The van der Waals surface area contributed by atoms with Crippen LogP contribution in [-0.2, 0) is 24.8 Å². The van der Waals surface area contributed by atoms with E-state index in [9.17, 15) is 21.6 Å². The molecule has 36 heavy (non-hydrogen) atoms. The molecule has 1 N–H and O–H groups in total. The summed E-state index contributed by atoms with van der Waals surface area (Å²) in [6.45, 7) is 1.55. The Morgan fingerprint density at radius 2 is 1.39 bits per heavy atom. The second-order valence-corrected chi connectivity index (χ2v) is 11.9. The molecule has 4 rings (SSSR count). The van der Waals surface area contributed by atoms with Gasteiger partial charge < -0.3 is 10.1 Å². The van der Waals surface area contributed by atoms with Crippen molar-refractivity contribution in [2.24, 2.45) is 0 Å². The van der Waals surface area contributed by atoms with Crippen molar-refractivity contribution in [2.75, 3.05) is 31.6 Å². The SMILES string of the molecule is CCOc1ccccc1NC(=O)[C@H]1CN(S(=O)(=O)c2ccccc2)CCN1S(=O)(=O)c1ccccc1. The number of piperazine rings is 1. The van der Waals surface area contributed by atoms with Crippen molar-refractivity contribution in [3.63, 3.8) is 0 Å². The number of amides is 1. The van der Waals surface area contributed by atoms with Crippen molar-refractivity contribution in [1.29, 1.82) is 0 Å². The van der Waals surface area contributed by atoms with Crippen LogP contribution in [0.4, 0.5) is 5.69 Å². The first-order valence-electron chi connectivity index (χ1n) is 11.4. The highest BCUT2D eigenvalue weighted by Gasteiger charge is 2.43. The molecular formula is C25H27N3O6S2. The van der Waals surface area contributed by atoms with Crippen LogP contribution in [0.1, 0.15) is 6.92 Å². The molecule has 1 fully saturated rings. The molecule has 0 bridgehead atoms. The number of hydrogen-bond donors (Lipinski definition) is 1. The summed E-state index contributed by atoms with van der Waals surface area (Å²) in [5.41, 5.74) is 0.365. The van der Waals surface area contributed by atoms with E-state index >= 15 is 0 Å². The molecule has 1 saturated heterocycles. The number of nitrogens with zero attached hydrogens (tertiary/aromatic N) is 2. The van der Waals surface area contributed by atoms with Gasteiger partial charge in [0.2, 0.25) is 26.0 Å². The lowest BCUT2D eigenvalue weighted by Gasteiger charge is -2.39. The minimum absolute atomic E-state index is 0.0249. The largest absolute Gasteiger partial charge is 0.492 e. The molecule has 11 heteroatoms. The first kappa shape index (κ1) is 25.8. The molecule has 1 atom stereocenters. The molecule has 0 unspecified atom stereocenters. The maximum absolute atomic E-state index is 13.5. The van der Waals surface area contributed by atoms with E-state index in [-0.39, 0.29) is 29.4 Å². The van der Waals surface area contributed by atoms with Crippen LogP contribution in [-0.4, -0.2) is 63.6 Å². The third-order valence-electron chi connectivity index (χ3n) is 5.77. The van der Waals surface area contributed by atoms with E-state index in [1.807, 2.05) is 0 Å². The molecule has 0 aromatic heterocycles. The molecule has 190 valence electrons. The van der Waals surface area contributed by atoms with Crippen LogP contribution < -0.4 is 10.1 Å². The lowest BCUT2D eigenvalue weighted by atomic mass is 10.2. The molecule has 3 aromatic carbocycles. The zero-order valence-electron chi connectivity index (χ0n) is 19.6. The summed E-state index contributed by atoms with van der Waals surface area (Å²) < 4.78 is 61.4. The van der Waals surface area contributed by atoms with Crippen LogP contribution in [0.25, 0.3) is 0 Å². The number of hydrogen-bond acceptors (Lipinski definition) is 6. The Morgan fingerprint density at radius 3 is 2.00 bits per heavy atom. The van der Waals surface area contributed by atoms with Gasteiger partial charge in [0, 0.05) is 19.6 Å². The highest BCUT2D eigenvalue weighted by atomic mass is 32.2. The Kier molecular flexibility index (Phi) is 7.74. The number of sulfonamides is 2. The topological polar surface area (TPSA) is 113 Å². The molecule has 0 spiro atoms. The number of benzene rings is 3. The zero-order chi connectivity index (χ0) is 25.8. The number of nitrogens with one attached hydrogen (secondary N) is 1. The molecule has 1 aliphatic heterocycles. The first-order valence-corrected chi connectivity index (χ1v) is 14.3. The maximum Gasteiger partial charge on any atom is 0.244 e. The van der Waals surface area contributed by atoms with E-state index in [4.69, 9.17) is 4.74 Å². The minimum Gasteiger partial charge on any atom is -0.492 e. The second-order valence-electron chi connectivity index (χ2n) is 8.04. The Labute approximate surface area is 211 Å². The average molecular weight is 530 g/mol. The molecule has 0 aliphatic carbocycles. The lowest BCUT2D eigenvalue weighted by molar-refractivity contribution is -0.120. The smallest absolute Gasteiger partial charge is 0.244 e. The van der Waals surface area contributed by atoms with E-state index in [0.29, 0.717) is 18.0 Å². The second kappa shape index (κ2) is 10.8. The lowest BCUT2D eigenvalue weighted by Crippen LogP contribution is -2.60. The van der Waals surface area contributed by atoms with Crippen LogP contribution in [0, 0.1) is 0 Å². The Bertz CT molecular complexity index is 1410. The molecule has 3 aromatic rings. The van der Waals surface area contributed by atoms with Gasteiger partial charge in [-0.05, 0) is 43.3 Å². The first-order chi connectivity index (χ1) is 17.2. The maximum atomic E-state index is 13.5. The predicted molar refractivity (Wildman–Crippen MR) is 136 cm³/mol. The normalized spacial score (nSPS) is 17.4. The van der Waals surface area contributed by atoms with Crippen molar-refractivity contribution in [2.45, 2.75) is 22.8 Å². The van der Waals surface area contributed by atoms with Crippen LogP contribution in [0.15, 0.2) is 94.7 Å². The number of ether oxygens (including phenoxy) is 1. The molecule has 9 nitrogen and oxygen atoms in total. The van der Waals surface area contributed by atoms with Gasteiger partial charge in [0.05, 0.1) is 22.1 Å². The number of carbonyl (C=O) groups excluding carboxylic acids is 1. The molecule has 0 saturated carbocycles. The third kappa shape index (κ3) is 5.29. The van der Waals surface area contributed by atoms with Gasteiger partial charge >= 0.3 is 0 Å². The summed E-state index contributed by atoms with van der Waals surface area (Å²) in [6.07, 6.45) is 0. The van der Waals surface area contributed by atoms with E-state index < -0.39 is 32.0 Å². The van der Waals surface area contributed by atoms with Crippen LogP contribution in [0.5, 0.6) is 5.75 Å². The van der Waals surface area contributed by atoms with Crippen molar-refractivity contribution in [3.05, 3.63) is 84.9 Å². The minimum atomic E-state index is -4.08.